The van der Waals surface area contributed by atoms with Crippen molar-refractivity contribution in [2.75, 3.05) is 6.61 Å². The van der Waals surface area contributed by atoms with Crippen molar-refractivity contribution in [1.29, 1.82) is 0 Å². The second-order valence-corrected chi connectivity index (χ2v) is 3.92. The molecule has 2 aromatic rings. The summed E-state index contributed by atoms with van der Waals surface area (Å²) >= 11 is 0. The van der Waals surface area contributed by atoms with E-state index in [-0.39, 0.29) is 12.4 Å². The van der Waals surface area contributed by atoms with Crippen LogP contribution >= 0.6 is 0 Å². The molecule has 3 rings (SSSR count). The highest BCUT2D eigenvalue weighted by atomic mass is 16.5. The van der Waals surface area contributed by atoms with Gasteiger partial charge in [-0.3, -0.25) is 9.48 Å². The smallest absolute Gasteiger partial charge is 0.187 e. The molecule has 0 aromatic carbocycles. The van der Waals surface area contributed by atoms with Gasteiger partial charge in [0.25, 0.3) is 0 Å². The fourth-order valence-corrected chi connectivity index (χ4v) is 2.19. The van der Waals surface area contributed by atoms with Gasteiger partial charge >= 0.3 is 0 Å². The van der Waals surface area contributed by atoms with Gasteiger partial charge in [0.15, 0.2) is 11.5 Å². The lowest BCUT2D eigenvalue weighted by Gasteiger charge is -2.00. The second-order valence-electron chi connectivity index (χ2n) is 3.92. The number of aliphatic hydroxyl groups is 1. The number of aliphatic hydroxyl groups excluding tert-OH is 1. The van der Waals surface area contributed by atoms with Crippen LogP contribution in [0.3, 0.4) is 0 Å². The summed E-state index contributed by atoms with van der Waals surface area (Å²) in [5.74, 6) is 0.573. The SMILES string of the molecule is O=C1CCc2c1c(-c1ccno1)nn2CCO. The van der Waals surface area contributed by atoms with Gasteiger partial charge in [0.1, 0.15) is 5.69 Å². The van der Waals surface area contributed by atoms with Crippen molar-refractivity contribution >= 4 is 5.78 Å². The molecule has 1 aliphatic rings. The average Bonchev–Trinajstić information content (AvgIpc) is 2.99. The molecular formula is C11H11N3O3. The summed E-state index contributed by atoms with van der Waals surface area (Å²) in [7, 11) is 0. The Balaban J connectivity index is 2.16. The summed E-state index contributed by atoms with van der Waals surface area (Å²) in [6.07, 6.45) is 2.70. The Morgan fingerprint density at radius 3 is 3.06 bits per heavy atom. The van der Waals surface area contributed by atoms with Gasteiger partial charge in [-0.15, -0.1) is 0 Å². The summed E-state index contributed by atoms with van der Waals surface area (Å²) in [4.78, 5) is 11.8. The summed E-state index contributed by atoms with van der Waals surface area (Å²) in [5, 5.41) is 16.9. The molecule has 0 spiro atoms. The maximum Gasteiger partial charge on any atom is 0.187 e. The van der Waals surface area contributed by atoms with Gasteiger partial charge in [-0.1, -0.05) is 5.16 Å². The molecule has 0 fully saturated rings. The van der Waals surface area contributed by atoms with Crippen LogP contribution in [0.25, 0.3) is 11.5 Å². The zero-order chi connectivity index (χ0) is 11.8. The molecule has 1 N–H and O–H groups in total. The van der Waals surface area contributed by atoms with Gasteiger partial charge in [0.05, 0.1) is 30.6 Å². The lowest BCUT2D eigenvalue weighted by atomic mass is 10.1. The van der Waals surface area contributed by atoms with E-state index in [1.54, 1.807) is 10.7 Å². The monoisotopic (exact) mass is 233 g/mol. The van der Waals surface area contributed by atoms with Crippen molar-refractivity contribution in [3.8, 4) is 11.5 Å². The molecule has 1 aliphatic carbocycles. The molecule has 2 aromatic heterocycles. The molecule has 0 unspecified atom stereocenters. The van der Waals surface area contributed by atoms with Crippen molar-refractivity contribution in [1.82, 2.24) is 14.9 Å². The molecule has 0 saturated carbocycles. The molecule has 17 heavy (non-hydrogen) atoms. The number of hydrogen-bond acceptors (Lipinski definition) is 5. The first-order valence-electron chi connectivity index (χ1n) is 5.46. The third-order valence-corrected chi connectivity index (χ3v) is 2.91. The summed E-state index contributed by atoms with van der Waals surface area (Å²) in [6.45, 7) is 0.391. The summed E-state index contributed by atoms with van der Waals surface area (Å²) in [6, 6.07) is 1.68. The quantitative estimate of drug-likeness (QED) is 0.842. The van der Waals surface area contributed by atoms with Crippen LogP contribution in [0.15, 0.2) is 16.8 Å². The van der Waals surface area contributed by atoms with E-state index >= 15 is 0 Å². The topological polar surface area (TPSA) is 81.2 Å². The minimum Gasteiger partial charge on any atom is -0.394 e. The Morgan fingerprint density at radius 1 is 1.47 bits per heavy atom. The van der Waals surface area contributed by atoms with E-state index in [2.05, 4.69) is 10.3 Å². The van der Waals surface area contributed by atoms with E-state index < -0.39 is 0 Å². The van der Waals surface area contributed by atoms with Crippen molar-refractivity contribution in [2.24, 2.45) is 0 Å². The zero-order valence-electron chi connectivity index (χ0n) is 9.09. The lowest BCUT2D eigenvalue weighted by molar-refractivity contribution is 0.0995. The predicted molar refractivity (Wildman–Crippen MR) is 57.5 cm³/mol. The minimum absolute atomic E-state index is 0.00183. The number of nitrogens with zero attached hydrogens (tertiary/aromatic N) is 3. The zero-order valence-corrected chi connectivity index (χ0v) is 9.09. The largest absolute Gasteiger partial charge is 0.394 e. The molecule has 0 amide bonds. The van der Waals surface area contributed by atoms with E-state index in [0.29, 0.717) is 36.4 Å². The van der Waals surface area contributed by atoms with Gasteiger partial charge in [0, 0.05) is 12.5 Å². The highest BCUT2D eigenvalue weighted by Crippen LogP contribution is 2.31. The number of carbonyl (C=O) groups excluding carboxylic acids is 1. The molecule has 0 bridgehead atoms. The number of aromatic nitrogens is 3. The van der Waals surface area contributed by atoms with Crippen LogP contribution in [0.5, 0.6) is 0 Å². The van der Waals surface area contributed by atoms with Crippen LogP contribution in [0.4, 0.5) is 0 Å². The van der Waals surface area contributed by atoms with Crippen LogP contribution in [-0.2, 0) is 13.0 Å². The average molecular weight is 233 g/mol. The maximum atomic E-state index is 11.8. The molecule has 2 heterocycles. The first-order chi connectivity index (χ1) is 8.31. The van der Waals surface area contributed by atoms with E-state index in [1.165, 1.54) is 6.20 Å². The van der Waals surface area contributed by atoms with Gasteiger partial charge in [0.2, 0.25) is 0 Å². The Bertz CT molecular complexity index is 557. The van der Waals surface area contributed by atoms with Crippen LogP contribution in [0.2, 0.25) is 0 Å². The Labute approximate surface area is 96.8 Å². The van der Waals surface area contributed by atoms with E-state index in [1.807, 2.05) is 0 Å². The van der Waals surface area contributed by atoms with Crippen molar-refractivity contribution in [3.05, 3.63) is 23.5 Å². The molecule has 0 saturated heterocycles. The first kappa shape index (κ1) is 10.2. The number of rotatable bonds is 3. The highest BCUT2D eigenvalue weighted by Gasteiger charge is 2.30. The molecule has 0 radical (unpaired) electrons. The summed E-state index contributed by atoms with van der Waals surface area (Å²) < 4.78 is 6.72. The fourth-order valence-electron chi connectivity index (χ4n) is 2.19. The Kier molecular flexibility index (Phi) is 2.29. The second kappa shape index (κ2) is 3.81. The standard InChI is InChI=1S/C11H11N3O3/c15-6-5-14-7-1-2-8(16)10(7)11(13-14)9-3-4-12-17-9/h3-4,15H,1-2,5-6H2. The van der Waals surface area contributed by atoms with Crippen molar-refractivity contribution < 1.29 is 14.4 Å². The molecule has 0 aliphatic heterocycles. The van der Waals surface area contributed by atoms with Crippen LogP contribution in [0.1, 0.15) is 22.5 Å². The maximum absolute atomic E-state index is 11.8. The Morgan fingerprint density at radius 2 is 2.35 bits per heavy atom. The third kappa shape index (κ3) is 1.49. The highest BCUT2D eigenvalue weighted by molar-refractivity contribution is 6.04. The number of hydrogen-bond donors (Lipinski definition) is 1. The lowest BCUT2D eigenvalue weighted by Crippen LogP contribution is -2.07. The normalized spacial score (nSPS) is 14.3. The molecule has 0 atom stereocenters. The van der Waals surface area contributed by atoms with Crippen LogP contribution in [-0.4, -0.2) is 32.4 Å². The van der Waals surface area contributed by atoms with Crippen molar-refractivity contribution in [2.45, 2.75) is 19.4 Å². The number of ketones is 1. The van der Waals surface area contributed by atoms with Crippen molar-refractivity contribution in [3.63, 3.8) is 0 Å². The number of fused-ring (bicyclic) bond motifs is 1. The van der Waals surface area contributed by atoms with Crippen LogP contribution < -0.4 is 0 Å². The van der Waals surface area contributed by atoms with E-state index in [9.17, 15) is 4.79 Å². The van der Waals surface area contributed by atoms with Gasteiger partial charge < -0.3 is 9.63 Å². The predicted octanol–water partition coefficient (Wildman–Crippen LogP) is 0.659. The van der Waals surface area contributed by atoms with Crippen LogP contribution in [0, 0.1) is 0 Å². The van der Waals surface area contributed by atoms with Gasteiger partial charge in [-0.25, -0.2) is 0 Å². The molecule has 6 nitrogen and oxygen atoms in total. The number of carbonyl (C=O) groups is 1. The molecule has 6 heteroatoms. The minimum atomic E-state index is -0.00183. The van der Waals surface area contributed by atoms with E-state index in [4.69, 9.17) is 9.63 Å². The Hall–Kier alpha value is -1.95. The number of Topliss-reactive ketones (excluding diaryl/α,β-unsaturated/α-hetero) is 1. The fraction of sp³-hybridized carbons (Fsp3) is 0.364. The van der Waals surface area contributed by atoms with Gasteiger partial charge in [-0.05, 0) is 6.42 Å². The van der Waals surface area contributed by atoms with E-state index in [0.717, 1.165) is 5.69 Å². The van der Waals surface area contributed by atoms with Gasteiger partial charge in [-0.2, -0.15) is 5.10 Å². The third-order valence-electron chi connectivity index (χ3n) is 2.91. The summed E-state index contributed by atoms with van der Waals surface area (Å²) in [5.41, 5.74) is 2.04. The first-order valence-corrected chi connectivity index (χ1v) is 5.46. The molecular weight excluding hydrogens is 222 g/mol. The molecule has 88 valence electrons.